The van der Waals surface area contributed by atoms with Crippen molar-refractivity contribution in [3.8, 4) is 0 Å². The van der Waals surface area contributed by atoms with Gasteiger partial charge in [0.1, 0.15) is 5.01 Å². The van der Waals surface area contributed by atoms with Crippen LogP contribution < -0.4 is 5.32 Å². The fourth-order valence-electron chi connectivity index (χ4n) is 2.89. The summed E-state index contributed by atoms with van der Waals surface area (Å²) in [6.07, 6.45) is 2.23. The molecular weight excluding hydrogens is 294 g/mol. The highest BCUT2D eigenvalue weighted by atomic mass is 32.1. The highest BCUT2D eigenvalue weighted by Gasteiger charge is 2.29. The fourth-order valence-corrected chi connectivity index (χ4v) is 4.02. The van der Waals surface area contributed by atoms with Gasteiger partial charge in [-0.3, -0.25) is 9.69 Å². The zero-order valence-electron chi connectivity index (χ0n) is 13.2. The van der Waals surface area contributed by atoms with Gasteiger partial charge in [0, 0.05) is 6.54 Å². The molecule has 0 saturated carbocycles. The van der Waals surface area contributed by atoms with Gasteiger partial charge >= 0.3 is 0 Å². The molecule has 5 heteroatoms. The van der Waals surface area contributed by atoms with E-state index >= 15 is 0 Å². The lowest BCUT2D eigenvalue weighted by molar-refractivity contribution is -0.122. The van der Waals surface area contributed by atoms with Crippen molar-refractivity contribution in [3.63, 3.8) is 0 Å². The third-order valence-electron chi connectivity index (χ3n) is 4.01. The molecule has 0 radical (unpaired) electrons. The smallest absolute Gasteiger partial charge is 0.234 e. The zero-order chi connectivity index (χ0) is 15.5. The maximum Gasteiger partial charge on any atom is 0.234 e. The minimum atomic E-state index is 0.127. The number of para-hydroxylation sites is 1. The number of fused-ring (bicyclic) bond motifs is 1. The quantitative estimate of drug-likeness (QED) is 0.921. The summed E-state index contributed by atoms with van der Waals surface area (Å²) < 4.78 is 1.23. The van der Waals surface area contributed by atoms with Gasteiger partial charge in [0.05, 0.1) is 22.8 Å². The molecule has 1 aliphatic rings. The van der Waals surface area contributed by atoms with Crippen LogP contribution in [-0.4, -0.2) is 35.4 Å². The van der Waals surface area contributed by atoms with Gasteiger partial charge in [-0.2, -0.15) is 0 Å². The summed E-state index contributed by atoms with van der Waals surface area (Å²) in [7, 11) is 0. The number of thiazole rings is 1. The minimum absolute atomic E-state index is 0.127. The number of likely N-dealkylation sites (tertiary alicyclic amines) is 1. The lowest BCUT2D eigenvalue weighted by Crippen LogP contribution is -2.38. The van der Waals surface area contributed by atoms with Crippen molar-refractivity contribution in [2.75, 3.05) is 19.6 Å². The molecule has 1 unspecified atom stereocenters. The Hall–Kier alpha value is -1.46. The molecular formula is C17H23N3OS. The number of aromatic nitrogens is 1. The lowest BCUT2D eigenvalue weighted by atomic mass is 10.2. The molecule has 1 atom stereocenters. The molecule has 2 aromatic rings. The maximum absolute atomic E-state index is 12.1. The molecule has 1 aromatic heterocycles. The first kappa shape index (κ1) is 15.4. The highest BCUT2D eigenvalue weighted by molar-refractivity contribution is 7.18. The molecule has 118 valence electrons. The van der Waals surface area contributed by atoms with Gasteiger partial charge in [-0.15, -0.1) is 11.3 Å². The molecule has 0 bridgehead atoms. The molecule has 2 heterocycles. The van der Waals surface area contributed by atoms with Crippen molar-refractivity contribution in [3.05, 3.63) is 29.3 Å². The average molecular weight is 317 g/mol. The standard InChI is InChI=1S/C17H23N3OS/c1-12(2)10-18-16(21)11-20-9-5-7-14(20)17-19-13-6-3-4-8-15(13)22-17/h3-4,6,8,12,14H,5,7,9-11H2,1-2H3,(H,18,21). The van der Waals surface area contributed by atoms with Crippen molar-refractivity contribution in [2.24, 2.45) is 5.92 Å². The average Bonchev–Trinajstić information content (AvgIpc) is 3.10. The number of nitrogens with one attached hydrogen (secondary N) is 1. The van der Waals surface area contributed by atoms with Crippen molar-refractivity contribution >= 4 is 27.5 Å². The number of rotatable bonds is 5. The summed E-state index contributed by atoms with van der Waals surface area (Å²) in [4.78, 5) is 19.1. The Bertz CT molecular complexity index is 619. The Morgan fingerprint density at radius 2 is 2.27 bits per heavy atom. The van der Waals surface area contributed by atoms with Gasteiger partial charge in [0.25, 0.3) is 0 Å². The van der Waals surface area contributed by atoms with Gasteiger partial charge in [-0.05, 0) is 37.4 Å². The largest absolute Gasteiger partial charge is 0.355 e. The van der Waals surface area contributed by atoms with E-state index in [-0.39, 0.29) is 5.91 Å². The number of carbonyl (C=O) groups is 1. The summed E-state index contributed by atoms with van der Waals surface area (Å²) >= 11 is 1.76. The van der Waals surface area contributed by atoms with Gasteiger partial charge in [-0.1, -0.05) is 26.0 Å². The predicted molar refractivity (Wildman–Crippen MR) is 91.0 cm³/mol. The molecule has 1 N–H and O–H groups in total. The number of hydrogen-bond donors (Lipinski definition) is 1. The van der Waals surface area contributed by atoms with E-state index in [0.717, 1.165) is 36.5 Å². The van der Waals surface area contributed by atoms with Crippen LogP contribution in [0.4, 0.5) is 0 Å². The number of carbonyl (C=O) groups excluding carboxylic acids is 1. The highest BCUT2D eigenvalue weighted by Crippen LogP contribution is 2.36. The molecule has 1 aliphatic heterocycles. The second-order valence-electron chi connectivity index (χ2n) is 6.35. The van der Waals surface area contributed by atoms with E-state index in [4.69, 9.17) is 4.98 Å². The Kier molecular flexibility index (Phi) is 4.74. The van der Waals surface area contributed by atoms with E-state index in [2.05, 4.69) is 42.3 Å². The molecule has 0 aliphatic carbocycles. The van der Waals surface area contributed by atoms with Crippen LogP contribution in [0.2, 0.25) is 0 Å². The van der Waals surface area contributed by atoms with Crippen LogP contribution in [0.1, 0.15) is 37.7 Å². The molecule has 4 nitrogen and oxygen atoms in total. The Labute approximate surface area is 135 Å². The third-order valence-corrected chi connectivity index (χ3v) is 5.15. The van der Waals surface area contributed by atoms with E-state index in [1.54, 1.807) is 11.3 Å². The summed E-state index contributed by atoms with van der Waals surface area (Å²) in [5.74, 6) is 0.615. The Morgan fingerprint density at radius 1 is 1.45 bits per heavy atom. The number of nitrogens with zero attached hydrogens (tertiary/aromatic N) is 2. The van der Waals surface area contributed by atoms with E-state index < -0.39 is 0 Å². The lowest BCUT2D eigenvalue weighted by Gasteiger charge is -2.22. The Morgan fingerprint density at radius 3 is 3.05 bits per heavy atom. The normalized spacial score (nSPS) is 19.1. The van der Waals surface area contributed by atoms with Crippen molar-refractivity contribution < 1.29 is 4.79 Å². The predicted octanol–water partition coefficient (Wildman–Crippen LogP) is 3.21. The summed E-state index contributed by atoms with van der Waals surface area (Å²) in [5.41, 5.74) is 1.07. The zero-order valence-corrected chi connectivity index (χ0v) is 14.0. The monoisotopic (exact) mass is 317 g/mol. The maximum atomic E-state index is 12.1. The number of benzene rings is 1. The van der Waals surface area contributed by atoms with Crippen LogP contribution in [0.3, 0.4) is 0 Å². The molecule has 3 rings (SSSR count). The van der Waals surface area contributed by atoms with Crippen molar-refractivity contribution in [2.45, 2.75) is 32.7 Å². The first-order valence-electron chi connectivity index (χ1n) is 7.99. The van der Waals surface area contributed by atoms with Crippen molar-refractivity contribution in [1.29, 1.82) is 0 Å². The Balaban J connectivity index is 1.68. The van der Waals surface area contributed by atoms with E-state index in [9.17, 15) is 4.79 Å². The van der Waals surface area contributed by atoms with Crippen LogP contribution in [0.25, 0.3) is 10.2 Å². The van der Waals surface area contributed by atoms with Gasteiger partial charge in [0.15, 0.2) is 0 Å². The minimum Gasteiger partial charge on any atom is -0.355 e. The molecule has 1 fully saturated rings. The van der Waals surface area contributed by atoms with Gasteiger partial charge in [0.2, 0.25) is 5.91 Å². The molecule has 0 spiro atoms. The van der Waals surface area contributed by atoms with E-state index in [1.807, 2.05) is 6.07 Å². The van der Waals surface area contributed by atoms with Crippen molar-refractivity contribution in [1.82, 2.24) is 15.2 Å². The van der Waals surface area contributed by atoms with Crippen LogP contribution in [-0.2, 0) is 4.79 Å². The third kappa shape index (κ3) is 3.47. The SMILES string of the molecule is CC(C)CNC(=O)CN1CCCC1c1nc2ccccc2s1. The second kappa shape index (κ2) is 6.75. The van der Waals surface area contributed by atoms with Gasteiger partial charge < -0.3 is 5.32 Å². The van der Waals surface area contributed by atoms with Gasteiger partial charge in [-0.25, -0.2) is 4.98 Å². The topological polar surface area (TPSA) is 45.2 Å². The molecule has 1 amide bonds. The van der Waals surface area contributed by atoms with E-state index in [1.165, 1.54) is 4.70 Å². The van der Waals surface area contributed by atoms with E-state index in [0.29, 0.717) is 18.5 Å². The second-order valence-corrected chi connectivity index (χ2v) is 7.41. The van der Waals surface area contributed by atoms with Crippen LogP contribution >= 0.6 is 11.3 Å². The van der Waals surface area contributed by atoms with Crippen LogP contribution in [0.15, 0.2) is 24.3 Å². The van der Waals surface area contributed by atoms with Crippen LogP contribution in [0.5, 0.6) is 0 Å². The van der Waals surface area contributed by atoms with Crippen LogP contribution in [0, 0.1) is 5.92 Å². The first-order chi connectivity index (χ1) is 10.6. The first-order valence-corrected chi connectivity index (χ1v) is 8.81. The molecule has 1 aromatic carbocycles. The summed E-state index contributed by atoms with van der Waals surface area (Å²) in [6.45, 7) is 6.43. The molecule has 22 heavy (non-hydrogen) atoms. The number of hydrogen-bond acceptors (Lipinski definition) is 4. The molecule has 1 saturated heterocycles. The summed E-state index contributed by atoms with van der Waals surface area (Å²) in [5, 5.41) is 4.16. The number of amides is 1. The summed E-state index contributed by atoms with van der Waals surface area (Å²) in [6, 6.07) is 8.55. The fraction of sp³-hybridized carbons (Fsp3) is 0.529.